The largest absolute Gasteiger partial charge is 1.00 e. The number of carbonyl (C=O) groups is 4. The molecule has 0 heterocycles. The number of rotatable bonds is 14. The Morgan fingerprint density at radius 2 is 0.864 bits per heavy atom. The molecule has 0 spiro atoms. The summed E-state index contributed by atoms with van der Waals surface area (Å²) in [5, 5.41) is 15.3. The Balaban J connectivity index is 0.000000571. The second-order valence-corrected chi connectivity index (χ2v) is 14.8. The van der Waals surface area contributed by atoms with Gasteiger partial charge in [0.05, 0.1) is 42.7 Å². The summed E-state index contributed by atoms with van der Waals surface area (Å²) in [5.41, 5.74) is 3.56. The fourth-order valence-electron chi connectivity index (χ4n) is 5.23. The number of amides is 2. The molecule has 0 radical (unpaired) electrons. The van der Waals surface area contributed by atoms with Crippen molar-refractivity contribution in [1.29, 1.82) is 0 Å². The molecule has 4 aromatic carbocycles. The van der Waals surface area contributed by atoms with E-state index in [-0.39, 0.29) is 66.1 Å². The van der Waals surface area contributed by atoms with Crippen molar-refractivity contribution >= 4 is 58.3 Å². The summed E-state index contributed by atoms with van der Waals surface area (Å²) in [7, 11) is 1.33. The van der Waals surface area contributed by atoms with Gasteiger partial charge in [0.25, 0.3) is 11.8 Å². The number of anilines is 2. The molecule has 0 aliphatic carbocycles. The molecule has 59 heavy (non-hydrogen) atoms. The maximum Gasteiger partial charge on any atom is 1.00 e. The Bertz CT molecular complexity index is 2040. The van der Waals surface area contributed by atoms with Crippen LogP contribution in [0.25, 0.3) is 0 Å². The molecule has 0 bridgehead atoms. The smallest absolute Gasteiger partial charge is 0.870 e. The van der Waals surface area contributed by atoms with Gasteiger partial charge < -0.3 is 44.9 Å². The van der Waals surface area contributed by atoms with Crippen molar-refractivity contribution in [2.24, 2.45) is 0 Å². The van der Waals surface area contributed by atoms with E-state index in [2.05, 4.69) is 10.6 Å². The number of halogens is 2. The number of carboxylic acids is 1. The predicted octanol–water partition coefficient (Wildman–Crippen LogP) is 7.26. The topological polar surface area (TPSA) is 189 Å². The van der Waals surface area contributed by atoms with Crippen LogP contribution in [0.1, 0.15) is 108 Å². The molecule has 4 aromatic rings. The number of aromatic carboxylic acids is 1. The summed E-state index contributed by atoms with van der Waals surface area (Å²) in [4.78, 5) is 48.4. The number of benzene rings is 4. The normalized spacial score (nSPS) is 10.5. The molecule has 0 atom stereocenters. The van der Waals surface area contributed by atoms with Gasteiger partial charge in [0.15, 0.2) is 0 Å². The van der Waals surface area contributed by atoms with Crippen molar-refractivity contribution in [2.75, 3.05) is 17.7 Å². The fraction of sp³-hybridized carbons (Fsp3) is 0.349. The predicted molar refractivity (Wildman–Crippen MR) is 224 cm³/mol. The third kappa shape index (κ3) is 15.3. The maximum atomic E-state index is 12.8. The molecule has 0 saturated carbocycles. The average molecular weight is 850 g/mol. The molecule has 314 valence electrons. The molecule has 16 heteroatoms. The fourth-order valence-corrected chi connectivity index (χ4v) is 5.63. The van der Waals surface area contributed by atoms with Gasteiger partial charge >= 0.3 is 30.8 Å². The molecule has 4 rings (SSSR count). The zero-order valence-corrected chi connectivity index (χ0v) is 36.9. The van der Waals surface area contributed by atoms with Gasteiger partial charge in [0, 0.05) is 22.5 Å². The van der Waals surface area contributed by atoms with Gasteiger partial charge in [-0.05, 0) is 141 Å². The summed E-state index contributed by atoms with van der Waals surface area (Å²) >= 11 is 12.8. The van der Waals surface area contributed by atoms with E-state index in [4.69, 9.17) is 52.0 Å². The van der Waals surface area contributed by atoms with Crippen molar-refractivity contribution in [2.45, 2.75) is 93.7 Å². The minimum atomic E-state index is -1.01. The van der Waals surface area contributed by atoms with E-state index in [9.17, 15) is 19.2 Å². The number of nitrogens with one attached hydrogen (secondary N) is 2. The Labute approximate surface area is 367 Å². The molecule has 0 aliphatic rings. The molecule has 0 fully saturated rings. The van der Waals surface area contributed by atoms with E-state index >= 15 is 0 Å². The molecule has 0 aromatic heterocycles. The van der Waals surface area contributed by atoms with Crippen LogP contribution in [-0.4, -0.2) is 65.9 Å². The van der Waals surface area contributed by atoms with Crippen LogP contribution in [0.4, 0.5) is 11.4 Å². The zero-order valence-electron chi connectivity index (χ0n) is 35.4. The molecule has 0 unspecified atom stereocenters. The first-order valence-electron chi connectivity index (χ1n) is 18.2. The molecule has 0 aliphatic heterocycles. The third-order valence-corrected chi connectivity index (χ3v) is 8.34. The number of carbonyl (C=O) groups excluding carboxylic acids is 3. The summed E-state index contributed by atoms with van der Waals surface area (Å²) in [5.74, 6) is -0.711. The van der Waals surface area contributed by atoms with E-state index in [1.807, 2.05) is 55.4 Å². The Kier molecular flexibility index (Phi) is 20.9. The maximum absolute atomic E-state index is 12.8. The van der Waals surface area contributed by atoms with Crippen molar-refractivity contribution in [3.63, 3.8) is 0 Å². The van der Waals surface area contributed by atoms with Crippen molar-refractivity contribution in [3.05, 3.63) is 104 Å². The number of hydrogen-bond acceptors (Lipinski definition) is 10. The molecule has 0 saturated heterocycles. The van der Waals surface area contributed by atoms with Crippen LogP contribution in [0, 0.1) is 13.8 Å². The van der Waals surface area contributed by atoms with Crippen LogP contribution in [-0.2, 0) is 4.74 Å². The van der Waals surface area contributed by atoms with Crippen molar-refractivity contribution in [3.8, 4) is 23.0 Å². The van der Waals surface area contributed by atoms with E-state index < -0.39 is 11.9 Å². The van der Waals surface area contributed by atoms with Crippen LogP contribution < -0.4 is 48.4 Å². The second-order valence-electron chi connectivity index (χ2n) is 14.0. The summed E-state index contributed by atoms with van der Waals surface area (Å²) in [6.07, 6.45) is -0.500. The molecule has 13 nitrogen and oxygen atoms in total. The van der Waals surface area contributed by atoms with Crippen LogP contribution in [0.2, 0.25) is 10.0 Å². The van der Waals surface area contributed by atoms with E-state index in [1.54, 1.807) is 68.4 Å². The monoisotopic (exact) mass is 848 g/mol. The third-order valence-electron chi connectivity index (χ3n) is 7.59. The summed E-state index contributed by atoms with van der Waals surface area (Å²) < 4.78 is 27.6. The molecular weight excluding hydrogens is 798 g/mol. The van der Waals surface area contributed by atoms with Crippen LogP contribution in [0.3, 0.4) is 0 Å². The van der Waals surface area contributed by atoms with Crippen LogP contribution in [0.5, 0.6) is 23.0 Å². The zero-order chi connectivity index (χ0) is 42.7. The Hall–Kier alpha value is -4.90. The number of ether oxygens (including phenoxy) is 5. The van der Waals surface area contributed by atoms with Gasteiger partial charge in [-0.15, -0.1) is 0 Å². The van der Waals surface area contributed by atoms with Gasteiger partial charge in [-0.1, -0.05) is 23.2 Å². The van der Waals surface area contributed by atoms with E-state index in [0.717, 1.165) is 0 Å². The van der Waals surface area contributed by atoms with Gasteiger partial charge in [-0.25, -0.2) is 9.59 Å². The number of hydrogen-bond donors (Lipinski definition) is 3. The molecule has 2 amide bonds. The number of esters is 1. The minimum Gasteiger partial charge on any atom is -0.870 e. The summed E-state index contributed by atoms with van der Waals surface area (Å²) in [6, 6.07) is 15.8. The van der Waals surface area contributed by atoms with Gasteiger partial charge in [-0.2, -0.15) is 0 Å². The number of carboxylic acid groups (broad SMARTS) is 1. The van der Waals surface area contributed by atoms with Crippen LogP contribution >= 0.6 is 23.2 Å². The Morgan fingerprint density at radius 3 is 1.12 bits per heavy atom. The first-order valence-corrected chi connectivity index (χ1v) is 18.9. The van der Waals surface area contributed by atoms with Gasteiger partial charge in [0.2, 0.25) is 0 Å². The van der Waals surface area contributed by atoms with Crippen molar-refractivity contribution in [1.82, 2.24) is 0 Å². The first kappa shape index (κ1) is 52.1. The van der Waals surface area contributed by atoms with Gasteiger partial charge in [-0.3, -0.25) is 9.59 Å². The SMILES string of the molecule is COC(=O)c1ccc(NC(=O)c2cc(OC(C)C)c(Cl)c(OC(C)C)c2)cc1C.Cc1cc(NC(=O)c2cc(OC(C)C)c(Cl)c(OC(C)C)c2)ccc1C(=O)O.[Li+].[OH-]. The number of methoxy groups -OCH3 is 1. The standard InChI is InChI=1S/C22H26ClNO5.C21H24ClNO5.Li.H2O/c1-12(2)28-18-10-15(11-19(20(18)23)29-13(3)4)21(25)24-16-7-8-17(14(5)9-16)22(26)27-6;1-11(2)27-17-9-14(10-18(19(17)22)28-12(3)4)20(24)23-15-6-7-16(21(25)26)13(5)8-15;;/h7-13H,1-6H3,(H,24,25);6-12H,1-5H3,(H,23,24)(H,25,26);;1H2/q;;+1;/p-1. The molecule has 4 N–H and O–H groups in total. The van der Waals surface area contributed by atoms with Crippen molar-refractivity contribution < 1.29 is 72.3 Å². The van der Waals surface area contributed by atoms with E-state index in [0.29, 0.717) is 72.2 Å². The second kappa shape index (κ2) is 23.6. The average Bonchev–Trinajstić information content (AvgIpc) is 3.10. The first-order chi connectivity index (χ1) is 26.7. The minimum absolute atomic E-state index is 0. The molecular formula is C43H51Cl2LiN2O11. The Morgan fingerprint density at radius 1 is 0.559 bits per heavy atom. The number of aryl methyl sites for hydroxylation is 2. The van der Waals surface area contributed by atoms with Crippen LogP contribution in [0.15, 0.2) is 60.7 Å². The summed E-state index contributed by atoms with van der Waals surface area (Å²) in [6.45, 7) is 18.4. The quantitative estimate of drug-likeness (QED) is 0.0856. The van der Waals surface area contributed by atoms with E-state index in [1.165, 1.54) is 13.2 Å². The van der Waals surface area contributed by atoms with Gasteiger partial charge in [0.1, 0.15) is 33.0 Å².